The third-order valence-corrected chi connectivity index (χ3v) is 16.1. The van der Waals surface area contributed by atoms with Crippen LogP contribution in [0.5, 0.6) is 0 Å². The van der Waals surface area contributed by atoms with Gasteiger partial charge in [0.1, 0.15) is 0 Å². The summed E-state index contributed by atoms with van der Waals surface area (Å²) >= 11 is -1.61. The fourth-order valence-electron chi connectivity index (χ4n) is 3.45. The molecule has 2 aromatic carbocycles. The molecule has 0 atom stereocenters. The topological polar surface area (TPSA) is 0 Å². The quantitative estimate of drug-likeness (QED) is 0.320. The van der Waals surface area contributed by atoms with Gasteiger partial charge in [-0.3, -0.25) is 0 Å². The van der Waals surface area contributed by atoms with E-state index in [0.29, 0.717) is 0 Å². The van der Waals surface area contributed by atoms with E-state index in [1.54, 1.807) is 22.2 Å². The molecule has 2 aromatic rings. The molecule has 159 valence electrons. The van der Waals surface area contributed by atoms with Gasteiger partial charge in [0.15, 0.2) is 0 Å². The van der Waals surface area contributed by atoms with Crippen molar-refractivity contribution in [2.75, 3.05) is 0 Å². The molecule has 1 aliphatic carbocycles. The predicted molar refractivity (Wildman–Crippen MR) is 134 cm³/mol. The Labute approximate surface area is 186 Å². The summed E-state index contributed by atoms with van der Waals surface area (Å²) in [4.78, 5) is 0. The first-order valence-corrected chi connectivity index (χ1v) is 21.2. The number of rotatable bonds is 5. The van der Waals surface area contributed by atoms with Crippen LogP contribution in [-0.4, -0.2) is 16.1 Å². The molecule has 0 aromatic heterocycles. The zero-order valence-corrected chi connectivity index (χ0v) is 23.3. The van der Waals surface area contributed by atoms with E-state index < -0.39 is 33.5 Å². The molecule has 0 N–H and O–H groups in total. The third-order valence-electron chi connectivity index (χ3n) is 5.34. The Morgan fingerprint density at radius 3 is 1.48 bits per heavy atom. The molecule has 0 fully saturated rings. The third kappa shape index (κ3) is 6.03. The summed E-state index contributed by atoms with van der Waals surface area (Å²) in [6.07, 6.45) is 12.2. The maximum atomic E-state index is 2.59. The SMILES string of the molecule is C[Si](C)(C)c1cc[c]([Pt]([C]2=CCCC=CCC2)[c]2ccc([Si](C)(C)C)cc2)cc1. The number of allylic oxidation sites excluding steroid dienone is 4. The Morgan fingerprint density at radius 2 is 1.03 bits per heavy atom. The summed E-state index contributed by atoms with van der Waals surface area (Å²) < 4.78 is 4.96. The Hall–Kier alpha value is -0.958. The zero-order valence-electron chi connectivity index (χ0n) is 19.0. The Morgan fingerprint density at radius 1 is 0.586 bits per heavy atom. The molecule has 0 aliphatic heterocycles. The summed E-state index contributed by atoms with van der Waals surface area (Å²) in [5.74, 6) is 0. The summed E-state index contributed by atoms with van der Waals surface area (Å²) in [7, 11) is -2.51. The van der Waals surface area contributed by atoms with Gasteiger partial charge in [0.25, 0.3) is 0 Å². The molecule has 0 nitrogen and oxygen atoms in total. The molecule has 0 amide bonds. The number of hydrogen-bond acceptors (Lipinski definition) is 0. The summed E-state index contributed by atoms with van der Waals surface area (Å²) in [6.45, 7) is 14.7. The van der Waals surface area contributed by atoms with Crippen molar-refractivity contribution in [2.24, 2.45) is 0 Å². The van der Waals surface area contributed by atoms with Crippen LogP contribution in [0.4, 0.5) is 0 Å². The van der Waals surface area contributed by atoms with Crippen molar-refractivity contribution in [2.45, 2.75) is 65.0 Å². The summed E-state index contributed by atoms with van der Waals surface area (Å²) in [5.41, 5.74) is 0. The van der Waals surface area contributed by atoms with Crippen molar-refractivity contribution in [3.63, 3.8) is 0 Å². The molecular formula is C26H37PtSi2. The number of hydrogen-bond donors (Lipinski definition) is 0. The molecule has 0 radical (unpaired) electrons. The second kappa shape index (κ2) is 9.45. The molecule has 3 heteroatoms. The monoisotopic (exact) mass is 600 g/mol. The van der Waals surface area contributed by atoms with Crippen molar-refractivity contribution >= 4 is 34.4 Å². The van der Waals surface area contributed by atoms with Gasteiger partial charge >= 0.3 is 187 Å². The molecule has 0 bridgehead atoms. The van der Waals surface area contributed by atoms with E-state index in [1.807, 2.05) is 0 Å². The fraction of sp³-hybridized carbons (Fsp3) is 0.385. The fourth-order valence-corrected chi connectivity index (χ4v) is 12.2. The van der Waals surface area contributed by atoms with Crippen molar-refractivity contribution in [3.8, 4) is 0 Å². The molecule has 29 heavy (non-hydrogen) atoms. The Kier molecular flexibility index (Phi) is 7.41. The molecule has 1 aliphatic rings. The molecule has 0 saturated carbocycles. The molecular weight excluding hydrogens is 564 g/mol. The average molecular weight is 601 g/mol. The molecule has 0 heterocycles. The van der Waals surface area contributed by atoms with Crippen LogP contribution in [0.25, 0.3) is 0 Å². The zero-order chi connectivity index (χ0) is 21.1. The molecule has 0 unspecified atom stereocenters. The molecule has 3 rings (SSSR count). The average Bonchev–Trinajstić information content (AvgIpc) is 2.63. The van der Waals surface area contributed by atoms with Gasteiger partial charge in [-0.1, -0.05) is 0 Å². The first-order chi connectivity index (χ1) is 13.7. The van der Waals surface area contributed by atoms with Gasteiger partial charge in [-0.15, -0.1) is 0 Å². The second-order valence-corrected chi connectivity index (χ2v) is 25.8. The van der Waals surface area contributed by atoms with E-state index in [9.17, 15) is 0 Å². The van der Waals surface area contributed by atoms with Crippen LogP contribution in [0, 0.1) is 0 Å². The molecule has 0 saturated heterocycles. The van der Waals surface area contributed by atoms with Gasteiger partial charge in [0.2, 0.25) is 0 Å². The van der Waals surface area contributed by atoms with Crippen LogP contribution >= 0.6 is 0 Å². The molecule has 0 spiro atoms. The van der Waals surface area contributed by atoms with Crippen molar-refractivity contribution in [1.82, 2.24) is 0 Å². The van der Waals surface area contributed by atoms with Gasteiger partial charge in [-0.05, 0) is 0 Å². The van der Waals surface area contributed by atoms with Crippen LogP contribution in [0.2, 0.25) is 39.3 Å². The van der Waals surface area contributed by atoms with Crippen molar-refractivity contribution in [1.29, 1.82) is 0 Å². The standard InChI is InChI=1S/2C9H13Si.C8H11.Pt/c2*1-10(2,3)9-7-5-4-6-8-9;1-2-4-6-8-7-5-3-1;/h2*5-8H,1-3H3;1-2,7H,3-6H2;. The minimum atomic E-state index is -1.61. The van der Waals surface area contributed by atoms with E-state index in [-0.39, 0.29) is 0 Å². The van der Waals surface area contributed by atoms with E-state index in [0.717, 1.165) is 0 Å². The van der Waals surface area contributed by atoms with Crippen LogP contribution in [0.1, 0.15) is 25.7 Å². The van der Waals surface area contributed by atoms with Gasteiger partial charge in [-0.2, -0.15) is 0 Å². The van der Waals surface area contributed by atoms with Gasteiger partial charge in [0.05, 0.1) is 0 Å². The van der Waals surface area contributed by atoms with Gasteiger partial charge < -0.3 is 0 Å². The van der Waals surface area contributed by atoms with E-state index in [1.165, 1.54) is 25.7 Å². The van der Waals surface area contributed by atoms with Crippen molar-refractivity contribution in [3.05, 3.63) is 70.7 Å². The Bertz CT molecular complexity index is 805. The van der Waals surface area contributed by atoms with Crippen LogP contribution in [-0.2, 0) is 17.3 Å². The van der Waals surface area contributed by atoms with E-state index >= 15 is 0 Å². The van der Waals surface area contributed by atoms with E-state index in [2.05, 4.69) is 106 Å². The minimum absolute atomic E-state index is 1.19. The summed E-state index contributed by atoms with van der Waals surface area (Å²) in [6, 6.07) is 19.6. The first kappa shape index (κ1) is 22.7. The predicted octanol–water partition coefficient (Wildman–Crippen LogP) is 5.36. The van der Waals surface area contributed by atoms with Crippen LogP contribution in [0.15, 0.2) is 70.7 Å². The van der Waals surface area contributed by atoms with Crippen LogP contribution < -0.4 is 18.3 Å². The van der Waals surface area contributed by atoms with Crippen molar-refractivity contribution < 1.29 is 17.3 Å². The van der Waals surface area contributed by atoms with Crippen LogP contribution in [0.3, 0.4) is 0 Å². The van der Waals surface area contributed by atoms with E-state index in [4.69, 9.17) is 0 Å². The maximum absolute atomic E-state index is 2.59. The second-order valence-electron chi connectivity index (χ2n) is 9.88. The summed E-state index contributed by atoms with van der Waals surface area (Å²) in [5, 5.41) is 3.14. The number of benzene rings is 2. The Balaban J connectivity index is 2.02. The first-order valence-electron chi connectivity index (χ1n) is 10.8. The normalized spacial score (nSPS) is 16.1. The van der Waals surface area contributed by atoms with Gasteiger partial charge in [0, 0.05) is 0 Å². The van der Waals surface area contributed by atoms with Gasteiger partial charge in [-0.25, -0.2) is 0 Å².